The smallest absolute Gasteiger partial charge is 0.246 e. The summed E-state index contributed by atoms with van der Waals surface area (Å²) in [7, 11) is 0. The minimum Gasteiger partial charge on any atom is -0.334 e. The molecule has 1 aromatic carbocycles. The molecule has 1 aliphatic heterocycles. The molecule has 0 saturated carbocycles. The van der Waals surface area contributed by atoms with Gasteiger partial charge in [-0.2, -0.15) is 0 Å². The first-order chi connectivity index (χ1) is 11.3. The van der Waals surface area contributed by atoms with E-state index < -0.39 is 0 Å². The lowest BCUT2D eigenvalue weighted by atomic mass is 10.1. The second-order valence-electron chi connectivity index (χ2n) is 5.50. The summed E-state index contributed by atoms with van der Waals surface area (Å²) >= 11 is 1.78. The third-order valence-corrected chi connectivity index (χ3v) is 5.01. The Bertz CT molecular complexity index is 900. The number of amides is 1. The van der Waals surface area contributed by atoms with Gasteiger partial charge in [-0.1, -0.05) is 12.1 Å². The highest BCUT2D eigenvalue weighted by Crippen LogP contribution is 2.24. The van der Waals surface area contributed by atoms with Crippen molar-refractivity contribution >= 4 is 34.4 Å². The first-order valence-corrected chi connectivity index (χ1v) is 8.41. The lowest BCUT2D eigenvalue weighted by Crippen LogP contribution is -2.34. The number of hydrogen-bond acceptors (Lipinski definition) is 4. The van der Waals surface area contributed by atoms with Crippen LogP contribution in [0.25, 0.3) is 17.1 Å². The van der Waals surface area contributed by atoms with Gasteiger partial charge in [-0.15, -0.1) is 11.3 Å². The van der Waals surface area contributed by atoms with Crippen molar-refractivity contribution in [3.05, 3.63) is 64.1 Å². The van der Waals surface area contributed by atoms with Crippen molar-refractivity contribution in [2.24, 2.45) is 0 Å². The van der Waals surface area contributed by atoms with E-state index in [0.29, 0.717) is 12.2 Å². The van der Waals surface area contributed by atoms with Crippen LogP contribution in [0, 0.1) is 0 Å². The number of para-hydroxylation sites is 2. The standard InChI is InChI=1S/C18H15N3OS/c22-18(21-9-7-17-13(12-21)8-10-23-17)6-5-14-11-19-15-3-1-2-4-16(15)20-14/h1-6,8,10-11H,7,9,12H2/b6-5+. The Morgan fingerprint density at radius 1 is 1.22 bits per heavy atom. The van der Waals surface area contributed by atoms with Gasteiger partial charge in [0.2, 0.25) is 5.91 Å². The molecule has 23 heavy (non-hydrogen) atoms. The summed E-state index contributed by atoms with van der Waals surface area (Å²) in [6, 6.07) is 9.82. The third kappa shape index (κ3) is 2.87. The minimum absolute atomic E-state index is 0.0248. The number of rotatable bonds is 2. The van der Waals surface area contributed by atoms with Crippen molar-refractivity contribution in [3.8, 4) is 0 Å². The quantitative estimate of drug-likeness (QED) is 0.680. The topological polar surface area (TPSA) is 46.1 Å². The van der Waals surface area contributed by atoms with Crippen molar-refractivity contribution in [2.45, 2.75) is 13.0 Å². The molecular formula is C18H15N3OS. The average Bonchev–Trinajstić information content (AvgIpc) is 3.07. The molecule has 0 aliphatic carbocycles. The summed E-state index contributed by atoms with van der Waals surface area (Å²) in [6.45, 7) is 1.48. The lowest BCUT2D eigenvalue weighted by molar-refractivity contribution is -0.126. The molecule has 3 heterocycles. The third-order valence-electron chi connectivity index (χ3n) is 3.98. The molecule has 4 rings (SSSR count). The molecule has 5 heteroatoms. The maximum Gasteiger partial charge on any atom is 0.246 e. The van der Waals surface area contributed by atoms with Gasteiger partial charge in [0.15, 0.2) is 0 Å². The van der Waals surface area contributed by atoms with Crippen LogP contribution in [0.4, 0.5) is 0 Å². The first-order valence-electron chi connectivity index (χ1n) is 7.53. The Morgan fingerprint density at radius 3 is 3.00 bits per heavy atom. The molecule has 0 spiro atoms. The van der Waals surface area contributed by atoms with E-state index in [2.05, 4.69) is 21.4 Å². The molecule has 3 aromatic rings. The van der Waals surface area contributed by atoms with Gasteiger partial charge in [0.1, 0.15) is 0 Å². The zero-order valence-corrected chi connectivity index (χ0v) is 13.3. The number of aromatic nitrogens is 2. The molecule has 0 N–H and O–H groups in total. The Hall–Kier alpha value is -2.53. The van der Waals surface area contributed by atoms with Gasteiger partial charge >= 0.3 is 0 Å². The first kappa shape index (κ1) is 14.1. The summed E-state index contributed by atoms with van der Waals surface area (Å²) in [5.41, 5.74) is 3.67. The summed E-state index contributed by atoms with van der Waals surface area (Å²) in [5, 5.41) is 2.10. The normalized spacial score (nSPS) is 14.3. The number of thiophene rings is 1. The molecule has 0 unspecified atom stereocenters. The molecular weight excluding hydrogens is 306 g/mol. The molecule has 0 atom stereocenters. The number of benzene rings is 1. The number of carbonyl (C=O) groups is 1. The van der Waals surface area contributed by atoms with Crippen LogP contribution in [0.5, 0.6) is 0 Å². The molecule has 0 fully saturated rings. The van der Waals surface area contributed by atoms with Gasteiger partial charge in [0, 0.05) is 24.0 Å². The summed E-state index contributed by atoms with van der Waals surface area (Å²) in [4.78, 5) is 24.5. The number of hydrogen-bond donors (Lipinski definition) is 0. The van der Waals surface area contributed by atoms with Crippen molar-refractivity contribution < 1.29 is 4.79 Å². The number of nitrogens with zero attached hydrogens (tertiary/aromatic N) is 3. The van der Waals surface area contributed by atoms with Crippen LogP contribution in [0.3, 0.4) is 0 Å². The minimum atomic E-state index is 0.0248. The van der Waals surface area contributed by atoms with E-state index in [4.69, 9.17) is 0 Å². The zero-order valence-electron chi connectivity index (χ0n) is 12.5. The fraction of sp³-hybridized carbons (Fsp3) is 0.167. The van der Waals surface area contributed by atoms with E-state index in [1.165, 1.54) is 10.4 Å². The SMILES string of the molecule is O=C(/C=C/c1cnc2ccccc2n1)N1CCc2sccc2C1. The molecule has 4 nitrogen and oxygen atoms in total. The van der Waals surface area contributed by atoms with Crippen molar-refractivity contribution in [2.75, 3.05) is 6.54 Å². The van der Waals surface area contributed by atoms with Crippen LogP contribution in [-0.2, 0) is 17.8 Å². The maximum atomic E-state index is 12.4. The number of carbonyl (C=O) groups excluding carboxylic acids is 1. The molecule has 0 saturated heterocycles. The van der Waals surface area contributed by atoms with Crippen LogP contribution >= 0.6 is 11.3 Å². The average molecular weight is 321 g/mol. The van der Waals surface area contributed by atoms with Gasteiger partial charge in [-0.3, -0.25) is 9.78 Å². The van der Waals surface area contributed by atoms with Gasteiger partial charge in [0.25, 0.3) is 0 Å². The Kier molecular flexibility index (Phi) is 3.63. The van der Waals surface area contributed by atoms with Crippen molar-refractivity contribution in [3.63, 3.8) is 0 Å². The van der Waals surface area contributed by atoms with Crippen LogP contribution in [0.1, 0.15) is 16.1 Å². The maximum absolute atomic E-state index is 12.4. The summed E-state index contributed by atoms with van der Waals surface area (Å²) < 4.78 is 0. The molecule has 0 radical (unpaired) electrons. The lowest BCUT2D eigenvalue weighted by Gasteiger charge is -2.25. The second-order valence-corrected chi connectivity index (χ2v) is 6.50. The number of fused-ring (bicyclic) bond motifs is 2. The molecule has 1 aliphatic rings. The Labute approximate surface area is 138 Å². The Balaban J connectivity index is 1.50. The van der Waals surface area contributed by atoms with Crippen LogP contribution in [0.2, 0.25) is 0 Å². The fourth-order valence-corrected chi connectivity index (χ4v) is 3.64. The van der Waals surface area contributed by atoms with E-state index >= 15 is 0 Å². The highest BCUT2D eigenvalue weighted by molar-refractivity contribution is 7.10. The zero-order chi connectivity index (χ0) is 15.6. The van der Waals surface area contributed by atoms with Gasteiger partial charge in [-0.25, -0.2) is 4.98 Å². The monoisotopic (exact) mass is 321 g/mol. The summed E-state index contributed by atoms with van der Waals surface area (Å²) in [5.74, 6) is 0.0248. The predicted octanol–water partition coefficient (Wildman–Crippen LogP) is 3.29. The van der Waals surface area contributed by atoms with Crippen molar-refractivity contribution in [1.29, 1.82) is 0 Å². The highest BCUT2D eigenvalue weighted by Gasteiger charge is 2.19. The molecule has 1 amide bonds. The second kappa shape index (κ2) is 5.93. The van der Waals surface area contributed by atoms with Gasteiger partial charge in [0.05, 0.1) is 22.9 Å². The van der Waals surface area contributed by atoms with Gasteiger partial charge < -0.3 is 4.90 Å². The highest BCUT2D eigenvalue weighted by atomic mass is 32.1. The molecule has 114 valence electrons. The van der Waals surface area contributed by atoms with E-state index in [1.54, 1.807) is 29.7 Å². The van der Waals surface area contributed by atoms with E-state index in [9.17, 15) is 4.79 Å². The fourth-order valence-electron chi connectivity index (χ4n) is 2.75. The van der Waals surface area contributed by atoms with Crippen molar-refractivity contribution in [1.82, 2.24) is 14.9 Å². The molecule has 2 aromatic heterocycles. The van der Waals surface area contributed by atoms with E-state index in [0.717, 1.165) is 24.0 Å². The molecule has 0 bridgehead atoms. The van der Waals surface area contributed by atoms with E-state index in [-0.39, 0.29) is 5.91 Å². The largest absolute Gasteiger partial charge is 0.334 e. The van der Waals surface area contributed by atoms with Crippen LogP contribution in [0.15, 0.2) is 48.0 Å². The van der Waals surface area contributed by atoms with E-state index in [1.807, 2.05) is 29.2 Å². The van der Waals surface area contributed by atoms with Crippen LogP contribution in [-0.4, -0.2) is 27.3 Å². The Morgan fingerprint density at radius 2 is 2.09 bits per heavy atom. The van der Waals surface area contributed by atoms with Crippen LogP contribution < -0.4 is 0 Å². The van der Waals surface area contributed by atoms with Gasteiger partial charge in [-0.05, 0) is 41.6 Å². The summed E-state index contributed by atoms with van der Waals surface area (Å²) in [6.07, 6.45) is 5.97. The predicted molar refractivity (Wildman–Crippen MR) is 92.0 cm³/mol.